The molecule has 0 fully saturated rings. The molecule has 88 valence electrons. The maximum Gasteiger partial charge on any atom is 0.173 e. The van der Waals surface area contributed by atoms with Crippen molar-refractivity contribution in [1.29, 1.82) is 5.41 Å². The molecule has 0 heterocycles. The van der Waals surface area contributed by atoms with Crippen LogP contribution in [0.1, 0.15) is 58.3 Å². The number of ketones is 1. The van der Waals surface area contributed by atoms with E-state index < -0.39 is 0 Å². The highest BCUT2D eigenvalue weighted by Crippen LogP contribution is 2.10. The molecule has 0 amide bonds. The van der Waals surface area contributed by atoms with Crippen LogP contribution in [0, 0.1) is 5.41 Å². The quantitative estimate of drug-likeness (QED) is 0.433. The number of carbonyl (C=O) groups excluding carboxylic acids is 1. The van der Waals surface area contributed by atoms with Gasteiger partial charge in [-0.15, -0.1) is 0 Å². The van der Waals surface area contributed by atoms with Gasteiger partial charge in [0.15, 0.2) is 5.78 Å². The molecule has 0 aliphatic heterocycles. The van der Waals surface area contributed by atoms with Crippen LogP contribution in [0.25, 0.3) is 0 Å². The van der Waals surface area contributed by atoms with Gasteiger partial charge in [0.2, 0.25) is 0 Å². The molecule has 0 saturated carbocycles. The molecule has 0 radical (unpaired) electrons. The van der Waals surface area contributed by atoms with Crippen LogP contribution in [0.2, 0.25) is 0 Å². The first kappa shape index (κ1) is 14.3. The molecule has 1 unspecified atom stereocenters. The number of aliphatic hydroxyl groups is 1. The average molecular weight is 213 g/mol. The second-order valence-corrected chi connectivity index (χ2v) is 4.01. The fraction of sp³-hybridized carbons (Fsp3) is 0.833. The maximum atomic E-state index is 10.8. The van der Waals surface area contributed by atoms with Crippen molar-refractivity contribution in [3.8, 4) is 0 Å². The van der Waals surface area contributed by atoms with E-state index in [1.165, 1.54) is 25.7 Å². The Hall–Kier alpha value is -0.700. The highest BCUT2D eigenvalue weighted by Gasteiger charge is 2.06. The Bertz CT molecular complexity index is 180. The second-order valence-electron chi connectivity index (χ2n) is 4.01. The zero-order chi connectivity index (χ0) is 11.5. The summed E-state index contributed by atoms with van der Waals surface area (Å²) < 4.78 is 0. The number of Topliss-reactive ketones (excluding diaryl/α,β-unsaturated/α-hetero) is 1. The van der Waals surface area contributed by atoms with Crippen LogP contribution >= 0.6 is 0 Å². The van der Waals surface area contributed by atoms with E-state index in [9.17, 15) is 9.90 Å². The third-order valence-electron chi connectivity index (χ3n) is 2.53. The predicted molar refractivity (Wildman–Crippen MR) is 62.4 cm³/mol. The third kappa shape index (κ3) is 9.60. The Balaban J connectivity index is 3.29. The lowest BCUT2D eigenvalue weighted by atomic mass is 10.0. The van der Waals surface area contributed by atoms with Gasteiger partial charge in [0.1, 0.15) is 0 Å². The van der Waals surface area contributed by atoms with Gasteiger partial charge in [-0.2, -0.15) is 0 Å². The van der Waals surface area contributed by atoms with Gasteiger partial charge in [0, 0.05) is 6.42 Å². The van der Waals surface area contributed by atoms with Crippen molar-refractivity contribution >= 4 is 12.0 Å². The molecule has 0 aliphatic carbocycles. The Kier molecular flexibility index (Phi) is 9.38. The van der Waals surface area contributed by atoms with Gasteiger partial charge < -0.3 is 10.5 Å². The summed E-state index contributed by atoms with van der Waals surface area (Å²) in [6.07, 6.45) is 8.01. The maximum absolute atomic E-state index is 10.8. The summed E-state index contributed by atoms with van der Waals surface area (Å²) in [6, 6.07) is 0. The molecule has 0 saturated heterocycles. The minimum Gasteiger partial charge on any atom is -0.393 e. The molecule has 0 bridgehead atoms. The SMILES string of the molecule is CCCCCCCC(O)CCC(=O)C=N. The van der Waals surface area contributed by atoms with E-state index in [2.05, 4.69) is 6.92 Å². The van der Waals surface area contributed by atoms with Gasteiger partial charge in [-0.05, 0) is 12.8 Å². The van der Waals surface area contributed by atoms with Crippen molar-refractivity contribution in [2.45, 2.75) is 64.4 Å². The van der Waals surface area contributed by atoms with Gasteiger partial charge in [0.25, 0.3) is 0 Å². The largest absolute Gasteiger partial charge is 0.393 e. The monoisotopic (exact) mass is 213 g/mol. The van der Waals surface area contributed by atoms with Crippen LogP contribution < -0.4 is 0 Å². The predicted octanol–water partition coefficient (Wildman–Crippen LogP) is 2.71. The summed E-state index contributed by atoms with van der Waals surface area (Å²) in [6.45, 7) is 2.18. The molecule has 0 aliphatic rings. The van der Waals surface area contributed by atoms with Crippen LogP contribution in [0.4, 0.5) is 0 Å². The average Bonchev–Trinajstić information content (AvgIpc) is 2.25. The first-order chi connectivity index (χ1) is 7.20. The van der Waals surface area contributed by atoms with Crippen molar-refractivity contribution in [2.24, 2.45) is 0 Å². The summed E-state index contributed by atoms with van der Waals surface area (Å²) >= 11 is 0. The van der Waals surface area contributed by atoms with Crippen LogP contribution in [0.3, 0.4) is 0 Å². The van der Waals surface area contributed by atoms with E-state index in [4.69, 9.17) is 5.41 Å². The molecular weight excluding hydrogens is 190 g/mol. The molecule has 0 aromatic carbocycles. The lowest BCUT2D eigenvalue weighted by Crippen LogP contribution is -2.10. The van der Waals surface area contributed by atoms with E-state index in [1.54, 1.807) is 0 Å². The molecular formula is C12H23NO2. The molecule has 0 aromatic rings. The van der Waals surface area contributed by atoms with Crippen molar-refractivity contribution < 1.29 is 9.90 Å². The van der Waals surface area contributed by atoms with Crippen LogP contribution in [0.15, 0.2) is 0 Å². The van der Waals surface area contributed by atoms with Gasteiger partial charge in [-0.1, -0.05) is 39.0 Å². The highest BCUT2D eigenvalue weighted by molar-refractivity contribution is 6.26. The van der Waals surface area contributed by atoms with E-state index in [0.29, 0.717) is 12.8 Å². The van der Waals surface area contributed by atoms with Crippen LogP contribution in [0.5, 0.6) is 0 Å². The lowest BCUT2D eigenvalue weighted by Gasteiger charge is -2.08. The molecule has 2 N–H and O–H groups in total. The van der Waals surface area contributed by atoms with E-state index in [0.717, 1.165) is 19.1 Å². The summed E-state index contributed by atoms with van der Waals surface area (Å²) in [4.78, 5) is 10.8. The topological polar surface area (TPSA) is 61.1 Å². The Morgan fingerprint density at radius 1 is 1.27 bits per heavy atom. The second kappa shape index (κ2) is 9.84. The van der Waals surface area contributed by atoms with E-state index in [-0.39, 0.29) is 11.9 Å². The molecule has 3 heteroatoms. The summed E-state index contributed by atoms with van der Waals surface area (Å²) in [5, 5.41) is 16.2. The zero-order valence-corrected chi connectivity index (χ0v) is 9.67. The number of aliphatic hydroxyl groups excluding tert-OH is 1. The summed E-state index contributed by atoms with van der Waals surface area (Å²) in [7, 11) is 0. The zero-order valence-electron chi connectivity index (χ0n) is 9.67. The van der Waals surface area contributed by atoms with Gasteiger partial charge in [-0.25, -0.2) is 0 Å². The van der Waals surface area contributed by atoms with E-state index in [1.807, 2.05) is 0 Å². The number of unbranched alkanes of at least 4 members (excludes halogenated alkanes) is 4. The molecule has 1 atom stereocenters. The first-order valence-corrected chi connectivity index (χ1v) is 5.92. The Morgan fingerprint density at radius 3 is 2.53 bits per heavy atom. The van der Waals surface area contributed by atoms with Gasteiger partial charge in [-0.3, -0.25) is 4.79 Å². The fourth-order valence-corrected chi connectivity index (χ4v) is 1.51. The molecule has 3 nitrogen and oxygen atoms in total. The molecule has 15 heavy (non-hydrogen) atoms. The van der Waals surface area contributed by atoms with Crippen molar-refractivity contribution in [2.75, 3.05) is 0 Å². The normalized spacial score (nSPS) is 12.4. The summed E-state index contributed by atoms with van der Waals surface area (Å²) in [5.74, 6) is -0.194. The molecule has 0 rings (SSSR count). The minimum atomic E-state index is -0.365. The first-order valence-electron chi connectivity index (χ1n) is 5.92. The number of hydrogen-bond donors (Lipinski definition) is 2. The Labute approximate surface area is 92.4 Å². The number of rotatable bonds is 10. The van der Waals surface area contributed by atoms with Crippen molar-refractivity contribution in [3.05, 3.63) is 0 Å². The third-order valence-corrected chi connectivity index (χ3v) is 2.53. The van der Waals surface area contributed by atoms with Crippen LogP contribution in [-0.4, -0.2) is 23.2 Å². The Morgan fingerprint density at radius 2 is 1.93 bits per heavy atom. The van der Waals surface area contributed by atoms with Crippen LogP contribution in [-0.2, 0) is 4.79 Å². The number of carbonyl (C=O) groups is 1. The van der Waals surface area contributed by atoms with Gasteiger partial charge in [0.05, 0.1) is 12.3 Å². The standard InChI is InChI=1S/C12H23NO2/c1-2-3-4-5-6-7-11(14)8-9-12(15)10-13/h10-11,13-14H,2-9H2,1H3. The van der Waals surface area contributed by atoms with Crippen molar-refractivity contribution in [1.82, 2.24) is 0 Å². The lowest BCUT2D eigenvalue weighted by molar-refractivity contribution is -0.113. The smallest absolute Gasteiger partial charge is 0.173 e. The minimum absolute atomic E-state index is 0.194. The number of nitrogens with one attached hydrogen (secondary N) is 1. The molecule has 0 aromatic heterocycles. The van der Waals surface area contributed by atoms with E-state index >= 15 is 0 Å². The van der Waals surface area contributed by atoms with Gasteiger partial charge >= 0.3 is 0 Å². The fourth-order valence-electron chi connectivity index (χ4n) is 1.51. The summed E-state index contributed by atoms with van der Waals surface area (Å²) in [5.41, 5.74) is 0. The van der Waals surface area contributed by atoms with Crippen molar-refractivity contribution in [3.63, 3.8) is 0 Å². The highest BCUT2D eigenvalue weighted by atomic mass is 16.3. The molecule has 0 spiro atoms. The number of hydrogen-bond acceptors (Lipinski definition) is 3.